The minimum atomic E-state index is -0.971. The number of hydrogen-bond acceptors (Lipinski definition) is 11. The molecule has 257 valence electrons. The van der Waals surface area contributed by atoms with Crippen LogP contribution in [-0.2, 0) is 48.0 Å². The molecule has 0 aromatic rings. The van der Waals surface area contributed by atoms with Gasteiger partial charge < -0.3 is 14.9 Å². The van der Waals surface area contributed by atoms with E-state index in [1.165, 1.54) is 18.9 Å². The summed E-state index contributed by atoms with van der Waals surface area (Å²) in [6, 6.07) is 0. The molecule has 0 aromatic heterocycles. The molecule has 5 atom stereocenters. The Morgan fingerprint density at radius 1 is 1.02 bits per heavy atom. The number of nitrogens with two attached hydrogens (primary N) is 1. The average Bonchev–Trinajstić information content (AvgIpc) is 3.74. The molecule has 5 unspecified atom stereocenters. The monoisotopic (exact) mass is 1030 g/mol. The van der Waals surface area contributed by atoms with Crippen LogP contribution in [0.3, 0.4) is 0 Å². The van der Waals surface area contributed by atoms with Crippen molar-refractivity contribution in [3.8, 4) is 0 Å². The number of halogens is 3. The normalized spacial score (nSPS) is 25.3. The summed E-state index contributed by atoms with van der Waals surface area (Å²) in [6.07, 6.45) is 0.430. The molecule has 5 N–H and O–H groups in total. The topological polar surface area (TPSA) is 212 Å². The fraction of sp³-hybridized carbons (Fsp3) is 0.750. The van der Waals surface area contributed by atoms with Crippen LogP contribution in [0.1, 0.15) is 25.7 Å². The fourth-order valence-corrected chi connectivity index (χ4v) is 8.45. The van der Waals surface area contributed by atoms with Crippen molar-refractivity contribution in [3.05, 3.63) is 0 Å². The Hall–Kier alpha value is -0.216. The van der Waals surface area contributed by atoms with Crippen molar-refractivity contribution < 1.29 is 78.1 Å². The number of amides is 5. The van der Waals surface area contributed by atoms with Crippen LogP contribution >= 0.6 is 49.1 Å². The molecule has 4 aliphatic heterocycles. The zero-order valence-electron chi connectivity index (χ0n) is 24.7. The summed E-state index contributed by atoms with van der Waals surface area (Å²) in [5.74, 6) is 2.71. The van der Waals surface area contributed by atoms with Gasteiger partial charge in [-0.3, -0.25) is 24.5 Å². The molecule has 45 heavy (non-hydrogen) atoms. The molecule has 4 heterocycles. The van der Waals surface area contributed by atoms with Gasteiger partial charge in [0.15, 0.2) is 0 Å². The van der Waals surface area contributed by atoms with E-state index >= 15 is 0 Å². The Morgan fingerprint density at radius 2 is 1.67 bits per heavy atom. The molecule has 4 fully saturated rings. The maximum atomic E-state index is 12.1. The number of likely N-dealkylation sites (tertiary alicyclic amines) is 3. The third-order valence-electron chi connectivity index (χ3n) is 7.69. The number of nitrogens with zero attached hydrogens (tertiary/aromatic N) is 4. The number of aliphatic carboxylic acids is 1. The second-order valence-corrected chi connectivity index (χ2v) is 27.3. The van der Waals surface area contributed by atoms with E-state index in [2.05, 4.69) is 55.1 Å². The van der Waals surface area contributed by atoms with Gasteiger partial charge in [0.1, 0.15) is 6.10 Å². The number of carboxylic acid groups (broad SMARTS) is 1. The first kappa shape index (κ1) is 41.0. The van der Waals surface area contributed by atoms with Crippen molar-refractivity contribution in [1.29, 1.82) is 0 Å². The van der Waals surface area contributed by atoms with Gasteiger partial charge in [0.2, 0.25) is 11.8 Å². The predicted molar refractivity (Wildman–Crippen MR) is 170 cm³/mol. The molecule has 16 nitrogen and oxygen atoms in total. The SMILES string of the molecule is CN1CC(C(CN2CC(C(=O)O)CC2=O)ON)CC1=O.C[I-]SN1CC(C(=O)NCN2CC(COO)CC2=O)CC1=O.[I][V][I]. The van der Waals surface area contributed by atoms with Crippen LogP contribution in [0.15, 0.2) is 0 Å². The molecule has 0 radical (unpaired) electrons. The van der Waals surface area contributed by atoms with Gasteiger partial charge in [0.05, 0.1) is 5.92 Å². The Morgan fingerprint density at radius 3 is 2.20 bits per heavy atom. The van der Waals surface area contributed by atoms with Crippen molar-refractivity contribution in [3.63, 3.8) is 0 Å². The first-order chi connectivity index (χ1) is 21.4. The Bertz CT molecular complexity index is 1070. The van der Waals surface area contributed by atoms with Gasteiger partial charge in [-0.15, -0.1) is 0 Å². The summed E-state index contributed by atoms with van der Waals surface area (Å²) in [5.41, 5.74) is 0. The van der Waals surface area contributed by atoms with Crippen LogP contribution < -0.4 is 31.0 Å². The van der Waals surface area contributed by atoms with Crippen LogP contribution in [0.4, 0.5) is 0 Å². The Kier molecular flexibility index (Phi) is 19.1. The van der Waals surface area contributed by atoms with Gasteiger partial charge in [-0.1, -0.05) is 0 Å². The van der Waals surface area contributed by atoms with E-state index < -0.39 is 18.0 Å². The maximum absolute atomic E-state index is 12.1. The first-order valence-electron chi connectivity index (χ1n) is 13.7. The number of carbonyl (C=O) groups excluding carboxylic acids is 5. The van der Waals surface area contributed by atoms with E-state index in [-0.39, 0.29) is 106 Å². The van der Waals surface area contributed by atoms with Gasteiger partial charge in [-0.2, -0.15) is 0 Å². The van der Waals surface area contributed by atoms with Gasteiger partial charge >= 0.3 is 192 Å². The van der Waals surface area contributed by atoms with Crippen molar-refractivity contribution in [2.45, 2.75) is 31.8 Å². The number of nitrogens with one attached hydrogen (secondary N) is 1. The van der Waals surface area contributed by atoms with E-state index in [9.17, 15) is 28.8 Å². The fourth-order valence-electron chi connectivity index (χ4n) is 5.33. The van der Waals surface area contributed by atoms with E-state index in [1.54, 1.807) is 16.3 Å². The number of hydrogen-bond donors (Lipinski definition) is 4. The van der Waals surface area contributed by atoms with E-state index in [0.717, 1.165) is 0 Å². The molecule has 4 aliphatic rings. The average molecular weight is 1030 g/mol. The predicted octanol–water partition coefficient (Wildman–Crippen LogP) is -3.05. The Labute approximate surface area is 303 Å². The molecule has 21 heteroatoms. The standard InChI is InChI=1S/C12H19IN3O5S.C12H19N3O5.2HI.V/c1-13-22-16-5-9(3-11(16)18)12(19)14-7-15-4-8(6-21-20)2-10(15)17;1-14-4-7(2-10(14)16)9(20-13)6-15-5-8(12(18)19)3-11(15)17;;;/h8-9,20H,2-7H2,1H3,(H,14,19);7-9H,2-6,13H2,1H3,(H,18,19);2*1H;/q-1;;;;+2/p-2. The molecular weight excluding hydrogens is 996 g/mol. The molecule has 5 amide bonds. The minimum absolute atomic E-state index is 0.00380. The second kappa shape index (κ2) is 21.0. The number of rotatable bonds is 12. The molecule has 0 aliphatic carbocycles. The number of carbonyl (C=O) groups is 6. The molecular formula is C24H38I3N6O10SV-. The zero-order valence-corrected chi connectivity index (χ0v) is 33.4. The van der Waals surface area contributed by atoms with Crippen molar-refractivity contribution in [2.24, 2.45) is 29.6 Å². The molecule has 4 saturated heterocycles. The molecule has 4 rings (SSSR count). The third-order valence-corrected chi connectivity index (χ3v) is 11.0. The summed E-state index contributed by atoms with van der Waals surface area (Å²) in [5, 5.41) is 20.1. The molecule has 0 spiro atoms. The molecule has 0 bridgehead atoms. The van der Waals surface area contributed by atoms with Crippen molar-refractivity contribution in [1.82, 2.24) is 24.3 Å². The zero-order chi connectivity index (χ0) is 33.7. The molecule has 0 aromatic carbocycles. The van der Waals surface area contributed by atoms with Gasteiger partial charge in [0.25, 0.3) is 0 Å². The van der Waals surface area contributed by atoms with Crippen LogP contribution in [0.2, 0.25) is 0 Å². The summed E-state index contributed by atoms with van der Waals surface area (Å²) in [6.45, 7) is 2.07. The summed E-state index contributed by atoms with van der Waals surface area (Å²) >= 11 is 4.64. The first-order valence-corrected chi connectivity index (χ1v) is 28.2. The van der Waals surface area contributed by atoms with Crippen LogP contribution in [-0.4, -0.2) is 129 Å². The van der Waals surface area contributed by atoms with Gasteiger partial charge in [0, 0.05) is 45.4 Å². The Balaban J connectivity index is 0.000000289. The van der Waals surface area contributed by atoms with Crippen LogP contribution in [0.5, 0.6) is 0 Å². The van der Waals surface area contributed by atoms with Crippen LogP contribution in [0, 0.1) is 23.7 Å². The third kappa shape index (κ3) is 13.0. The summed E-state index contributed by atoms with van der Waals surface area (Å²) in [4.78, 5) is 85.5. The quantitative estimate of drug-likeness (QED) is 0.0506. The summed E-state index contributed by atoms with van der Waals surface area (Å²) in [7, 11) is 3.86. The van der Waals surface area contributed by atoms with Crippen LogP contribution in [0.25, 0.3) is 0 Å². The van der Waals surface area contributed by atoms with E-state index in [0.29, 0.717) is 41.9 Å². The van der Waals surface area contributed by atoms with Crippen molar-refractivity contribution >= 4 is 84.6 Å². The number of alkyl halides is 1. The van der Waals surface area contributed by atoms with E-state index in [4.69, 9.17) is 21.1 Å². The van der Waals surface area contributed by atoms with E-state index in [1.807, 2.05) is 0 Å². The van der Waals surface area contributed by atoms with Gasteiger partial charge in [-0.25, -0.2) is 5.90 Å². The van der Waals surface area contributed by atoms with Gasteiger partial charge in [-0.05, 0) is 0 Å². The van der Waals surface area contributed by atoms with Crippen molar-refractivity contribution in [2.75, 3.05) is 58.0 Å². The summed E-state index contributed by atoms with van der Waals surface area (Å²) < 4.78 is 1.67. The molecule has 0 saturated carbocycles. The second-order valence-electron chi connectivity index (χ2n) is 10.8. The number of carboxylic acids is 1.